The van der Waals surface area contributed by atoms with Gasteiger partial charge in [-0.3, -0.25) is 0 Å². The molecule has 0 aromatic carbocycles. The van der Waals surface area contributed by atoms with Gasteiger partial charge in [-0.2, -0.15) is 0 Å². The van der Waals surface area contributed by atoms with Crippen molar-refractivity contribution in [3.8, 4) is 0 Å². The van der Waals surface area contributed by atoms with Gasteiger partial charge in [0.2, 0.25) is 0 Å². The molecule has 0 fully saturated rings. The Hall–Kier alpha value is -0.175. The molecule has 0 aromatic heterocycles. The fourth-order valence-electron chi connectivity index (χ4n) is 0.980. The fourth-order valence-corrected chi connectivity index (χ4v) is 1.72. The van der Waals surface area contributed by atoms with E-state index in [0.717, 1.165) is 10.9 Å². The van der Waals surface area contributed by atoms with E-state index in [1.807, 2.05) is 6.08 Å². The van der Waals surface area contributed by atoms with E-state index < -0.39 is 0 Å². The molecule has 1 aliphatic carbocycles. The summed E-state index contributed by atoms with van der Waals surface area (Å²) in [7, 11) is 5.48. The van der Waals surface area contributed by atoms with Crippen LogP contribution in [0.5, 0.6) is 0 Å². The Morgan fingerprint density at radius 3 is 2.90 bits per heavy atom. The Bertz CT molecular complexity index is 208. The average molecular weight is 199 g/mol. The lowest BCUT2D eigenvalue weighted by Gasteiger charge is -2.15. The molecule has 0 aliphatic heterocycles. The van der Waals surface area contributed by atoms with Crippen molar-refractivity contribution in [2.24, 2.45) is 5.92 Å². The maximum absolute atomic E-state index is 9.20. The molecule has 10 heavy (non-hydrogen) atoms. The molecule has 1 atom stereocenters. The summed E-state index contributed by atoms with van der Waals surface area (Å²) in [5, 5.41) is 9.20. The van der Waals surface area contributed by atoms with Gasteiger partial charge in [0.15, 0.2) is 0 Å². The van der Waals surface area contributed by atoms with Crippen molar-refractivity contribution in [2.45, 2.75) is 13.3 Å². The summed E-state index contributed by atoms with van der Waals surface area (Å²) < 4.78 is 0.806. The number of hydrogen-bond donors (Lipinski definition) is 1. The maximum Gasteiger partial charge on any atom is 0.118 e. The van der Waals surface area contributed by atoms with Crippen molar-refractivity contribution < 1.29 is 5.11 Å². The minimum Gasteiger partial charge on any atom is -0.508 e. The lowest BCUT2D eigenvalue weighted by molar-refractivity contribution is 0.417. The number of aliphatic hydroxyl groups excluding tert-OH is 1. The summed E-state index contributed by atoms with van der Waals surface area (Å²) in [5.74, 6) is 0.614. The molecule has 0 amide bonds. The number of hydrogen-bond acceptors (Lipinski definition) is 1. The van der Waals surface area contributed by atoms with Gasteiger partial charge in [-0.25, -0.2) is 0 Å². The summed E-state index contributed by atoms with van der Waals surface area (Å²) in [6, 6.07) is 0. The summed E-state index contributed by atoms with van der Waals surface area (Å²) in [6.45, 7) is 2.06. The number of allylic oxidation sites excluding steroid dienone is 3. The highest BCUT2D eigenvalue weighted by atomic mass is 79.9. The van der Waals surface area contributed by atoms with Crippen molar-refractivity contribution >= 4 is 23.8 Å². The van der Waals surface area contributed by atoms with Crippen LogP contribution in [0.2, 0.25) is 0 Å². The molecule has 0 bridgehead atoms. The molecule has 1 unspecified atom stereocenters. The summed E-state index contributed by atoms with van der Waals surface area (Å²) in [5.41, 5.74) is 0.477. The highest BCUT2D eigenvalue weighted by Gasteiger charge is 2.13. The smallest absolute Gasteiger partial charge is 0.118 e. The van der Waals surface area contributed by atoms with Crippen molar-refractivity contribution in [1.29, 1.82) is 0 Å². The van der Waals surface area contributed by atoms with Crippen LogP contribution < -0.4 is 0 Å². The summed E-state index contributed by atoms with van der Waals surface area (Å²) in [6.07, 6.45) is 2.70. The predicted octanol–water partition coefficient (Wildman–Crippen LogP) is 2.24. The van der Waals surface area contributed by atoms with E-state index in [0.29, 0.717) is 11.4 Å². The van der Waals surface area contributed by atoms with Gasteiger partial charge >= 0.3 is 0 Å². The molecule has 1 aliphatic rings. The minimum atomic E-state index is 0.193. The first-order valence-electron chi connectivity index (χ1n) is 3.16. The van der Waals surface area contributed by atoms with Crippen LogP contribution in [0.25, 0.3) is 0 Å². The van der Waals surface area contributed by atoms with E-state index in [2.05, 4.69) is 22.9 Å². The van der Waals surface area contributed by atoms with Gasteiger partial charge in [0.05, 0.1) is 0 Å². The van der Waals surface area contributed by atoms with Crippen LogP contribution >= 0.6 is 15.9 Å². The normalized spacial score (nSPS) is 26.6. The van der Waals surface area contributed by atoms with Crippen LogP contribution in [0.3, 0.4) is 0 Å². The van der Waals surface area contributed by atoms with E-state index in [1.165, 1.54) is 0 Å². The second-order valence-electron chi connectivity index (χ2n) is 2.56. The lowest BCUT2D eigenvalue weighted by atomic mass is 9.85. The van der Waals surface area contributed by atoms with Gasteiger partial charge in [0.1, 0.15) is 13.6 Å². The first kappa shape index (κ1) is 7.93. The van der Waals surface area contributed by atoms with Gasteiger partial charge in [0.25, 0.3) is 0 Å². The maximum atomic E-state index is 9.20. The quantitative estimate of drug-likeness (QED) is 0.593. The van der Waals surface area contributed by atoms with Gasteiger partial charge in [-0.05, 0) is 12.3 Å². The second kappa shape index (κ2) is 2.83. The summed E-state index contributed by atoms with van der Waals surface area (Å²) in [4.78, 5) is 0. The fraction of sp³-hybridized carbons (Fsp3) is 0.429. The second-order valence-corrected chi connectivity index (χ2v) is 3.51. The Morgan fingerprint density at radius 2 is 2.40 bits per heavy atom. The molecule has 0 spiro atoms. The zero-order valence-electron chi connectivity index (χ0n) is 5.76. The van der Waals surface area contributed by atoms with Crippen LogP contribution in [0.15, 0.2) is 21.8 Å². The van der Waals surface area contributed by atoms with Crippen molar-refractivity contribution in [3.63, 3.8) is 0 Å². The first-order chi connectivity index (χ1) is 4.61. The van der Waals surface area contributed by atoms with Gasteiger partial charge in [-0.1, -0.05) is 34.4 Å². The molecule has 0 saturated heterocycles. The molecule has 1 rings (SSSR count). The highest BCUT2D eigenvalue weighted by molar-refractivity contribution is 9.11. The Balaban J connectivity index is 2.90. The number of halogens is 1. The van der Waals surface area contributed by atoms with Crippen LogP contribution in [-0.4, -0.2) is 13.0 Å². The third-order valence-electron chi connectivity index (χ3n) is 1.50. The Morgan fingerprint density at radius 1 is 1.80 bits per heavy atom. The number of rotatable bonds is 0. The predicted molar refractivity (Wildman–Crippen MR) is 46.2 cm³/mol. The molecule has 1 nitrogen and oxygen atoms in total. The molecule has 1 N–H and O–H groups in total. The Labute approximate surface area is 70.4 Å². The van der Waals surface area contributed by atoms with Gasteiger partial charge in [0, 0.05) is 4.48 Å². The topological polar surface area (TPSA) is 20.2 Å². The van der Waals surface area contributed by atoms with E-state index in [9.17, 15) is 5.11 Å². The number of aliphatic hydroxyl groups is 1. The molecular weight excluding hydrogens is 191 g/mol. The van der Waals surface area contributed by atoms with Crippen LogP contribution in [0.1, 0.15) is 13.3 Å². The zero-order chi connectivity index (χ0) is 7.72. The van der Waals surface area contributed by atoms with Crippen LogP contribution in [-0.2, 0) is 0 Å². The Kier molecular flexibility index (Phi) is 2.24. The largest absolute Gasteiger partial charge is 0.508 e. The molecule has 52 valence electrons. The SMILES string of the molecule is [B]C1=CC(C)CC(Br)=C1O. The van der Waals surface area contributed by atoms with Crippen LogP contribution in [0.4, 0.5) is 0 Å². The summed E-state index contributed by atoms with van der Waals surface area (Å²) >= 11 is 3.24. The van der Waals surface area contributed by atoms with E-state index in [4.69, 9.17) is 7.85 Å². The van der Waals surface area contributed by atoms with E-state index in [1.54, 1.807) is 0 Å². The molecule has 3 heteroatoms. The van der Waals surface area contributed by atoms with E-state index in [-0.39, 0.29) is 5.76 Å². The van der Waals surface area contributed by atoms with Crippen molar-refractivity contribution in [2.75, 3.05) is 0 Å². The lowest BCUT2D eigenvalue weighted by Crippen LogP contribution is -2.03. The zero-order valence-corrected chi connectivity index (χ0v) is 7.35. The molecule has 0 heterocycles. The van der Waals surface area contributed by atoms with Crippen molar-refractivity contribution in [1.82, 2.24) is 0 Å². The molecular formula is C7H8BBrO. The highest BCUT2D eigenvalue weighted by Crippen LogP contribution is 2.29. The third-order valence-corrected chi connectivity index (χ3v) is 2.19. The average Bonchev–Trinajstić information content (AvgIpc) is 1.82. The van der Waals surface area contributed by atoms with Gasteiger partial charge < -0.3 is 5.11 Å². The van der Waals surface area contributed by atoms with Crippen LogP contribution in [0, 0.1) is 5.92 Å². The molecule has 2 radical (unpaired) electrons. The molecule has 0 aromatic rings. The standard InChI is InChI=1S/C7H8BBrO/c1-4-2-5(8)7(10)6(9)3-4/h2,4,10H,3H2,1H3. The van der Waals surface area contributed by atoms with Gasteiger partial charge in [-0.15, -0.1) is 0 Å². The first-order valence-corrected chi connectivity index (χ1v) is 3.96. The monoisotopic (exact) mass is 198 g/mol. The third kappa shape index (κ3) is 1.46. The van der Waals surface area contributed by atoms with Crippen molar-refractivity contribution in [3.05, 3.63) is 21.8 Å². The van der Waals surface area contributed by atoms with E-state index >= 15 is 0 Å². The minimum absolute atomic E-state index is 0.193. The molecule has 0 saturated carbocycles.